The maximum atomic E-state index is 13.4. The normalized spacial score (nSPS) is 30.6. The number of carbonyl (C=O) groups excluding carboxylic acids is 2. The number of nitrogens with zero attached hydrogens (tertiary/aromatic N) is 3. The van der Waals surface area contributed by atoms with E-state index in [1.54, 1.807) is 22.8 Å². The number of likely N-dealkylation sites (N-methyl/N-ethyl adjacent to an activating group) is 1. The third kappa shape index (κ3) is 3.17. The number of hydrogen-bond acceptors (Lipinski definition) is 4. The number of hydrogen-bond donors (Lipinski definition) is 0. The second kappa shape index (κ2) is 7.09. The SMILES string of the molecule is C=C[C@H]1CN(C(=O)C2CC3CCN(C)CC3O2)c2ccccc2N1C(C)=O. The number of carbonyl (C=O) groups is 2. The van der Waals surface area contributed by atoms with E-state index in [1.807, 2.05) is 24.3 Å². The number of piperidine rings is 1. The molecule has 27 heavy (non-hydrogen) atoms. The van der Waals surface area contributed by atoms with Gasteiger partial charge in [-0.15, -0.1) is 6.58 Å². The molecule has 2 saturated heterocycles. The van der Waals surface area contributed by atoms with E-state index in [0.717, 1.165) is 37.3 Å². The molecule has 3 unspecified atom stereocenters. The summed E-state index contributed by atoms with van der Waals surface area (Å²) in [6.45, 7) is 7.79. The van der Waals surface area contributed by atoms with Crippen LogP contribution < -0.4 is 9.80 Å². The van der Waals surface area contributed by atoms with Gasteiger partial charge in [-0.05, 0) is 44.5 Å². The molecule has 6 heteroatoms. The first-order valence-electron chi connectivity index (χ1n) is 9.66. The highest BCUT2D eigenvalue weighted by Crippen LogP contribution is 2.39. The summed E-state index contributed by atoms with van der Waals surface area (Å²) in [6.07, 6.45) is 3.33. The lowest BCUT2D eigenvalue weighted by molar-refractivity contribution is -0.130. The molecule has 0 aromatic heterocycles. The fraction of sp³-hybridized carbons (Fsp3) is 0.524. The highest BCUT2D eigenvalue weighted by molar-refractivity contribution is 6.05. The average molecular weight is 369 g/mol. The van der Waals surface area contributed by atoms with Gasteiger partial charge in [0, 0.05) is 13.5 Å². The molecule has 4 rings (SSSR count). The number of rotatable bonds is 2. The van der Waals surface area contributed by atoms with Crippen LogP contribution in [-0.4, -0.2) is 61.6 Å². The van der Waals surface area contributed by atoms with Gasteiger partial charge in [0.1, 0.15) is 6.10 Å². The molecule has 0 N–H and O–H groups in total. The molecule has 1 aromatic carbocycles. The molecular formula is C21H27N3O3. The number of para-hydroxylation sites is 2. The van der Waals surface area contributed by atoms with Crippen LogP contribution in [0.2, 0.25) is 0 Å². The number of fused-ring (bicyclic) bond motifs is 2. The number of anilines is 2. The molecule has 2 amide bonds. The van der Waals surface area contributed by atoms with Crippen LogP contribution in [0.25, 0.3) is 0 Å². The largest absolute Gasteiger partial charge is 0.364 e. The molecule has 2 fully saturated rings. The van der Waals surface area contributed by atoms with E-state index in [9.17, 15) is 9.59 Å². The summed E-state index contributed by atoms with van der Waals surface area (Å²) in [4.78, 5) is 31.4. The summed E-state index contributed by atoms with van der Waals surface area (Å²) in [5, 5.41) is 0. The van der Waals surface area contributed by atoms with Crippen molar-refractivity contribution in [2.45, 2.75) is 38.0 Å². The Bertz CT molecular complexity index is 765. The van der Waals surface area contributed by atoms with Crippen LogP contribution in [0.5, 0.6) is 0 Å². The Morgan fingerprint density at radius 2 is 1.96 bits per heavy atom. The Kier molecular flexibility index (Phi) is 4.78. The van der Waals surface area contributed by atoms with Crippen LogP contribution in [0, 0.1) is 5.92 Å². The van der Waals surface area contributed by atoms with E-state index in [0.29, 0.717) is 12.5 Å². The maximum Gasteiger partial charge on any atom is 0.256 e. The molecule has 3 aliphatic rings. The Morgan fingerprint density at radius 3 is 2.67 bits per heavy atom. The van der Waals surface area contributed by atoms with Gasteiger partial charge in [-0.25, -0.2) is 0 Å². The maximum absolute atomic E-state index is 13.4. The van der Waals surface area contributed by atoms with Crippen molar-refractivity contribution in [1.29, 1.82) is 0 Å². The smallest absolute Gasteiger partial charge is 0.256 e. The van der Waals surface area contributed by atoms with E-state index >= 15 is 0 Å². The van der Waals surface area contributed by atoms with Crippen LogP contribution >= 0.6 is 0 Å². The van der Waals surface area contributed by atoms with Gasteiger partial charge in [0.15, 0.2) is 0 Å². The second-order valence-electron chi connectivity index (χ2n) is 7.84. The molecule has 0 aliphatic carbocycles. The summed E-state index contributed by atoms with van der Waals surface area (Å²) < 4.78 is 6.17. The molecule has 0 bridgehead atoms. The van der Waals surface area contributed by atoms with Gasteiger partial charge in [0.2, 0.25) is 5.91 Å². The van der Waals surface area contributed by atoms with E-state index in [1.165, 1.54) is 0 Å². The first kappa shape index (κ1) is 18.2. The number of benzene rings is 1. The summed E-state index contributed by atoms with van der Waals surface area (Å²) in [6, 6.07) is 7.33. The first-order valence-corrected chi connectivity index (χ1v) is 9.66. The fourth-order valence-electron chi connectivity index (χ4n) is 4.65. The van der Waals surface area contributed by atoms with Crippen molar-refractivity contribution in [3.05, 3.63) is 36.9 Å². The Morgan fingerprint density at radius 1 is 1.22 bits per heavy atom. The third-order valence-electron chi connectivity index (χ3n) is 6.04. The third-order valence-corrected chi connectivity index (χ3v) is 6.04. The predicted octanol–water partition coefficient (Wildman–Crippen LogP) is 2.05. The summed E-state index contributed by atoms with van der Waals surface area (Å²) in [7, 11) is 2.10. The molecule has 3 aliphatic heterocycles. The minimum atomic E-state index is -0.408. The highest BCUT2D eigenvalue weighted by Gasteiger charge is 2.44. The predicted molar refractivity (Wildman–Crippen MR) is 105 cm³/mol. The summed E-state index contributed by atoms with van der Waals surface area (Å²) in [5.74, 6) is 0.402. The molecule has 4 atom stereocenters. The molecule has 144 valence electrons. The number of amides is 2. The van der Waals surface area contributed by atoms with Gasteiger partial charge in [-0.2, -0.15) is 0 Å². The molecule has 0 saturated carbocycles. The average Bonchev–Trinajstić information content (AvgIpc) is 3.08. The zero-order chi connectivity index (χ0) is 19.1. The number of ether oxygens (including phenoxy) is 1. The first-order chi connectivity index (χ1) is 13.0. The summed E-state index contributed by atoms with van der Waals surface area (Å²) in [5.41, 5.74) is 1.52. The van der Waals surface area contributed by atoms with Gasteiger partial charge in [-0.3, -0.25) is 9.59 Å². The van der Waals surface area contributed by atoms with Gasteiger partial charge < -0.3 is 19.4 Å². The van der Waals surface area contributed by atoms with Crippen LogP contribution in [0.4, 0.5) is 11.4 Å². The lowest BCUT2D eigenvalue weighted by atomic mass is 9.91. The molecule has 3 heterocycles. The second-order valence-corrected chi connectivity index (χ2v) is 7.84. The van der Waals surface area contributed by atoms with E-state index in [2.05, 4.69) is 18.5 Å². The highest BCUT2D eigenvalue weighted by atomic mass is 16.5. The van der Waals surface area contributed by atoms with Crippen LogP contribution in [0.1, 0.15) is 19.8 Å². The zero-order valence-corrected chi connectivity index (χ0v) is 16.0. The molecular weight excluding hydrogens is 342 g/mol. The Labute approximate surface area is 160 Å². The van der Waals surface area contributed by atoms with Crippen molar-refractivity contribution in [2.75, 3.05) is 36.5 Å². The van der Waals surface area contributed by atoms with Crippen molar-refractivity contribution < 1.29 is 14.3 Å². The Balaban J connectivity index is 1.61. The van der Waals surface area contributed by atoms with E-state index < -0.39 is 6.10 Å². The topological polar surface area (TPSA) is 53.1 Å². The van der Waals surface area contributed by atoms with Crippen molar-refractivity contribution >= 4 is 23.2 Å². The zero-order valence-electron chi connectivity index (χ0n) is 16.0. The van der Waals surface area contributed by atoms with Gasteiger partial charge in [-0.1, -0.05) is 18.2 Å². The lowest BCUT2D eigenvalue weighted by Crippen LogP contribution is -2.53. The summed E-state index contributed by atoms with van der Waals surface area (Å²) >= 11 is 0. The van der Waals surface area contributed by atoms with Crippen molar-refractivity contribution in [3.63, 3.8) is 0 Å². The molecule has 0 spiro atoms. The van der Waals surface area contributed by atoms with Crippen LogP contribution in [-0.2, 0) is 14.3 Å². The van der Waals surface area contributed by atoms with Crippen LogP contribution in [0.15, 0.2) is 36.9 Å². The lowest BCUT2D eigenvalue weighted by Gasteiger charge is -2.41. The standard InChI is InChI=1S/C21H27N3O3/c1-4-16-12-23(17-7-5-6-8-18(17)24(16)14(2)25)21(26)19-11-15-9-10-22(3)13-20(15)27-19/h4-8,15-16,19-20H,1,9-13H2,2-3H3/t15?,16-,19?,20?/m0/s1. The van der Waals surface area contributed by atoms with E-state index in [-0.39, 0.29) is 24.0 Å². The fourth-order valence-corrected chi connectivity index (χ4v) is 4.65. The van der Waals surface area contributed by atoms with Gasteiger partial charge in [0.05, 0.1) is 30.1 Å². The van der Waals surface area contributed by atoms with Crippen molar-refractivity contribution in [2.24, 2.45) is 5.92 Å². The molecule has 0 radical (unpaired) electrons. The number of likely N-dealkylation sites (tertiary alicyclic amines) is 1. The quantitative estimate of drug-likeness (QED) is 0.749. The molecule has 1 aromatic rings. The van der Waals surface area contributed by atoms with Gasteiger partial charge >= 0.3 is 0 Å². The van der Waals surface area contributed by atoms with E-state index in [4.69, 9.17) is 4.74 Å². The minimum Gasteiger partial charge on any atom is -0.364 e. The molecule has 6 nitrogen and oxygen atoms in total. The Hall–Kier alpha value is -2.18. The monoisotopic (exact) mass is 369 g/mol. The van der Waals surface area contributed by atoms with Crippen molar-refractivity contribution in [3.8, 4) is 0 Å². The van der Waals surface area contributed by atoms with Crippen LogP contribution in [0.3, 0.4) is 0 Å². The van der Waals surface area contributed by atoms with Crippen molar-refractivity contribution in [1.82, 2.24) is 4.90 Å². The minimum absolute atomic E-state index is 0.00504. The van der Waals surface area contributed by atoms with Gasteiger partial charge in [0.25, 0.3) is 5.91 Å².